The molecule has 2 aromatic rings. The molecule has 0 aromatic heterocycles. The van der Waals surface area contributed by atoms with Gasteiger partial charge in [-0.15, -0.1) is 0 Å². The molecular weight excluding hydrogens is 326 g/mol. The summed E-state index contributed by atoms with van der Waals surface area (Å²) < 4.78 is 0. The van der Waals surface area contributed by atoms with Gasteiger partial charge in [0.15, 0.2) is 0 Å². The molecule has 2 nitrogen and oxygen atoms in total. The first-order valence-electron chi connectivity index (χ1n) is 5.83. The number of amides is 1. The highest BCUT2D eigenvalue weighted by molar-refractivity contribution is 9.08. The van der Waals surface area contributed by atoms with Crippen LogP contribution in [0, 0.1) is 6.92 Å². The van der Waals surface area contributed by atoms with E-state index in [2.05, 4.69) is 21.2 Å². The third-order valence-electron chi connectivity index (χ3n) is 2.85. The molecule has 1 amide bonds. The number of rotatable bonds is 3. The van der Waals surface area contributed by atoms with Crippen molar-refractivity contribution in [1.29, 1.82) is 0 Å². The molecule has 0 aliphatic carbocycles. The number of nitrogens with one attached hydrogen (secondary N) is 1. The third-order valence-corrected chi connectivity index (χ3v) is 3.91. The second-order valence-electron chi connectivity index (χ2n) is 4.20. The molecule has 98 valence electrons. The number of hydrogen-bond acceptors (Lipinski definition) is 1. The van der Waals surface area contributed by atoms with Crippen LogP contribution in [0.15, 0.2) is 42.5 Å². The fraction of sp³-hybridized carbons (Fsp3) is 0.133. The van der Waals surface area contributed by atoms with E-state index in [9.17, 15) is 4.79 Å². The Hall–Kier alpha value is -1.32. The monoisotopic (exact) mass is 337 g/mol. The molecule has 0 aliphatic rings. The number of benzene rings is 2. The van der Waals surface area contributed by atoms with E-state index < -0.39 is 0 Å². The Labute approximate surface area is 125 Å². The molecule has 0 saturated heterocycles. The van der Waals surface area contributed by atoms with Gasteiger partial charge in [0.05, 0.1) is 0 Å². The average Bonchev–Trinajstić information content (AvgIpc) is 2.42. The zero-order valence-corrected chi connectivity index (χ0v) is 12.8. The summed E-state index contributed by atoms with van der Waals surface area (Å²) in [4.78, 5) is 12.2. The summed E-state index contributed by atoms with van der Waals surface area (Å²) in [7, 11) is 0. The van der Waals surface area contributed by atoms with Crippen molar-refractivity contribution in [2.24, 2.45) is 0 Å². The molecule has 0 aliphatic heterocycles. The van der Waals surface area contributed by atoms with Gasteiger partial charge in [-0.1, -0.05) is 45.7 Å². The Morgan fingerprint density at radius 3 is 2.74 bits per heavy atom. The lowest BCUT2D eigenvalue weighted by atomic mass is 10.1. The summed E-state index contributed by atoms with van der Waals surface area (Å²) >= 11 is 9.42. The van der Waals surface area contributed by atoms with Crippen molar-refractivity contribution in [3.8, 4) is 0 Å². The van der Waals surface area contributed by atoms with Gasteiger partial charge in [-0.3, -0.25) is 4.79 Å². The molecule has 0 bridgehead atoms. The normalized spacial score (nSPS) is 10.3. The summed E-state index contributed by atoms with van der Waals surface area (Å²) in [6.07, 6.45) is 0. The fourth-order valence-electron chi connectivity index (χ4n) is 1.78. The van der Waals surface area contributed by atoms with E-state index in [4.69, 9.17) is 11.6 Å². The first-order valence-corrected chi connectivity index (χ1v) is 7.33. The van der Waals surface area contributed by atoms with Crippen molar-refractivity contribution in [2.75, 3.05) is 5.32 Å². The molecule has 2 rings (SSSR count). The molecule has 0 radical (unpaired) electrons. The lowest BCUT2D eigenvalue weighted by Crippen LogP contribution is -2.13. The van der Waals surface area contributed by atoms with Gasteiger partial charge in [-0.2, -0.15) is 0 Å². The van der Waals surface area contributed by atoms with Crippen LogP contribution >= 0.6 is 27.5 Å². The Morgan fingerprint density at radius 1 is 1.26 bits per heavy atom. The smallest absolute Gasteiger partial charge is 0.255 e. The van der Waals surface area contributed by atoms with E-state index in [0.29, 0.717) is 10.6 Å². The van der Waals surface area contributed by atoms with Crippen LogP contribution in [0.4, 0.5) is 5.69 Å². The molecule has 4 heteroatoms. The van der Waals surface area contributed by atoms with Gasteiger partial charge in [0.1, 0.15) is 0 Å². The van der Waals surface area contributed by atoms with Gasteiger partial charge in [-0.05, 0) is 42.3 Å². The van der Waals surface area contributed by atoms with Crippen LogP contribution in [0.1, 0.15) is 21.5 Å². The molecule has 0 heterocycles. The van der Waals surface area contributed by atoms with Crippen LogP contribution in [0.3, 0.4) is 0 Å². The molecule has 0 spiro atoms. The maximum absolute atomic E-state index is 12.2. The topological polar surface area (TPSA) is 29.1 Å². The predicted octanol–water partition coefficient (Wildman–Crippen LogP) is 4.80. The average molecular weight is 339 g/mol. The molecule has 0 saturated carbocycles. The highest BCUT2D eigenvalue weighted by atomic mass is 79.9. The molecule has 2 aromatic carbocycles. The summed E-state index contributed by atoms with van der Waals surface area (Å²) in [5.74, 6) is -0.147. The zero-order chi connectivity index (χ0) is 13.8. The number of alkyl halides is 1. The standard InChI is InChI=1S/C15H13BrClNO/c1-10-13(6-3-7-14(10)17)15(19)18-12-5-2-4-11(8-12)9-16/h2-8H,9H2,1H3,(H,18,19). The van der Waals surface area contributed by atoms with Crippen molar-refractivity contribution in [1.82, 2.24) is 0 Å². The number of hydrogen-bond donors (Lipinski definition) is 1. The van der Waals surface area contributed by atoms with E-state index in [1.54, 1.807) is 18.2 Å². The van der Waals surface area contributed by atoms with Crippen molar-refractivity contribution >= 4 is 39.1 Å². The van der Waals surface area contributed by atoms with Crippen LogP contribution in [-0.2, 0) is 5.33 Å². The summed E-state index contributed by atoms with van der Waals surface area (Å²) in [5.41, 5.74) is 3.27. The molecular formula is C15H13BrClNO. The van der Waals surface area contributed by atoms with Crippen LogP contribution in [-0.4, -0.2) is 5.91 Å². The Kier molecular flexibility index (Phi) is 4.61. The molecule has 1 N–H and O–H groups in total. The van der Waals surface area contributed by atoms with Crippen molar-refractivity contribution < 1.29 is 4.79 Å². The van der Waals surface area contributed by atoms with Crippen LogP contribution in [0.25, 0.3) is 0 Å². The quantitative estimate of drug-likeness (QED) is 0.801. The first kappa shape index (κ1) is 14.1. The second kappa shape index (κ2) is 6.22. The SMILES string of the molecule is Cc1c(Cl)cccc1C(=O)Nc1cccc(CBr)c1. The van der Waals surface area contributed by atoms with Crippen molar-refractivity contribution in [2.45, 2.75) is 12.3 Å². The maximum atomic E-state index is 12.2. The summed E-state index contributed by atoms with van der Waals surface area (Å²) in [5, 5.41) is 4.24. The molecule has 0 fully saturated rings. The fourth-order valence-corrected chi connectivity index (χ4v) is 2.31. The number of anilines is 1. The Morgan fingerprint density at radius 2 is 2.00 bits per heavy atom. The van der Waals surface area contributed by atoms with Gasteiger partial charge in [0.2, 0.25) is 0 Å². The van der Waals surface area contributed by atoms with E-state index in [1.165, 1.54) is 0 Å². The number of carbonyl (C=O) groups is 1. The third kappa shape index (κ3) is 3.37. The van der Waals surface area contributed by atoms with Gasteiger partial charge < -0.3 is 5.32 Å². The Balaban J connectivity index is 2.23. The van der Waals surface area contributed by atoms with E-state index in [-0.39, 0.29) is 5.91 Å². The van der Waals surface area contributed by atoms with Gasteiger partial charge in [0.25, 0.3) is 5.91 Å². The largest absolute Gasteiger partial charge is 0.322 e. The van der Waals surface area contributed by atoms with Crippen LogP contribution in [0.2, 0.25) is 5.02 Å². The van der Waals surface area contributed by atoms with Gasteiger partial charge >= 0.3 is 0 Å². The van der Waals surface area contributed by atoms with Gasteiger partial charge in [-0.25, -0.2) is 0 Å². The van der Waals surface area contributed by atoms with Gasteiger partial charge in [0, 0.05) is 21.6 Å². The minimum absolute atomic E-state index is 0.147. The zero-order valence-electron chi connectivity index (χ0n) is 10.4. The number of halogens is 2. The highest BCUT2D eigenvalue weighted by Crippen LogP contribution is 2.20. The Bertz CT molecular complexity index is 613. The lowest BCUT2D eigenvalue weighted by molar-refractivity contribution is 0.102. The molecule has 0 unspecified atom stereocenters. The maximum Gasteiger partial charge on any atom is 0.255 e. The predicted molar refractivity (Wildman–Crippen MR) is 83.2 cm³/mol. The minimum Gasteiger partial charge on any atom is -0.322 e. The van der Waals surface area contributed by atoms with Crippen molar-refractivity contribution in [3.63, 3.8) is 0 Å². The van der Waals surface area contributed by atoms with Crippen LogP contribution < -0.4 is 5.32 Å². The lowest BCUT2D eigenvalue weighted by Gasteiger charge is -2.09. The number of carbonyl (C=O) groups excluding carboxylic acids is 1. The molecule has 19 heavy (non-hydrogen) atoms. The van der Waals surface area contributed by atoms with E-state index in [0.717, 1.165) is 22.1 Å². The van der Waals surface area contributed by atoms with Crippen molar-refractivity contribution in [3.05, 3.63) is 64.2 Å². The minimum atomic E-state index is -0.147. The summed E-state index contributed by atoms with van der Waals surface area (Å²) in [6, 6.07) is 13.0. The second-order valence-corrected chi connectivity index (χ2v) is 5.17. The van der Waals surface area contributed by atoms with E-state index >= 15 is 0 Å². The molecule has 0 atom stereocenters. The van der Waals surface area contributed by atoms with E-state index in [1.807, 2.05) is 31.2 Å². The highest BCUT2D eigenvalue weighted by Gasteiger charge is 2.11. The van der Waals surface area contributed by atoms with Crippen LogP contribution in [0.5, 0.6) is 0 Å². The first-order chi connectivity index (χ1) is 9.11. The summed E-state index contributed by atoms with van der Waals surface area (Å²) in [6.45, 7) is 1.84.